The van der Waals surface area contributed by atoms with Gasteiger partial charge in [-0.2, -0.15) is 0 Å². The van der Waals surface area contributed by atoms with Crippen LogP contribution in [0.2, 0.25) is 0 Å². The first kappa shape index (κ1) is 23.9. The van der Waals surface area contributed by atoms with Crippen LogP contribution in [0, 0.1) is 0 Å². The minimum absolute atomic E-state index is 0. The maximum absolute atomic E-state index is 10.3. The van der Waals surface area contributed by atoms with Gasteiger partial charge in [-0.3, -0.25) is 9.59 Å². The molecule has 0 unspecified atom stereocenters. The van der Waals surface area contributed by atoms with Gasteiger partial charge in [-0.05, 0) is 0 Å². The summed E-state index contributed by atoms with van der Waals surface area (Å²) < 4.78 is 34.3. The second-order valence-electron chi connectivity index (χ2n) is 2.86. The van der Waals surface area contributed by atoms with Crippen molar-refractivity contribution in [2.75, 3.05) is 0 Å². The molecule has 106 valence electrons. The standard InChI is InChI=1S/C6H8O7.K.Mn.4O/c7-3(8)1-6(13,5(11)12)2-4(9)10;;;;;;/h13H,1-2H2,(H,7,8)(H,9,10)(H,11,12);;;;;;/q;+1;;;;;-1. The van der Waals surface area contributed by atoms with E-state index in [0.717, 1.165) is 0 Å². The Balaban J connectivity index is -0.000000366. The molecule has 0 aliphatic heterocycles. The van der Waals surface area contributed by atoms with E-state index >= 15 is 0 Å². The van der Waals surface area contributed by atoms with Crippen molar-refractivity contribution < 1.29 is 115 Å². The number of carboxylic acids is 3. The van der Waals surface area contributed by atoms with Crippen LogP contribution < -0.4 is 55.6 Å². The van der Waals surface area contributed by atoms with Gasteiger partial charge in [0.25, 0.3) is 0 Å². The Bertz CT molecular complexity index is 456. The Morgan fingerprint density at radius 1 is 0.947 bits per heavy atom. The topological polar surface area (TPSA) is 206 Å². The summed E-state index contributed by atoms with van der Waals surface area (Å²) in [6.07, 6.45) is -2.29. The van der Waals surface area contributed by atoms with E-state index in [-0.39, 0.29) is 51.4 Å². The average molecular weight is 350 g/mol. The van der Waals surface area contributed by atoms with Crippen molar-refractivity contribution in [3.05, 3.63) is 0 Å². The summed E-state index contributed by atoms with van der Waals surface area (Å²) in [6, 6.07) is 0. The molecular formula is C6H8KMnO11. The van der Waals surface area contributed by atoms with Crippen molar-refractivity contribution in [1.29, 1.82) is 0 Å². The van der Waals surface area contributed by atoms with Crippen molar-refractivity contribution in [2.24, 2.45) is 0 Å². The van der Waals surface area contributed by atoms with Crippen LogP contribution in [0.25, 0.3) is 0 Å². The summed E-state index contributed by atoms with van der Waals surface area (Å²) in [6.45, 7) is 0. The van der Waals surface area contributed by atoms with Crippen molar-refractivity contribution in [3.63, 3.8) is 0 Å². The molecule has 0 saturated carbocycles. The maximum atomic E-state index is 10.3. The predicted molar refractivity (Wildman–Crippen MR) is 39.2 cm³/mol. The summed E-state index contributed by atoms with van der Waals surface area (Å²) in [4.78, 5) is 30.5. The molecule has 0 aromatic heterocycles. The number of aliphatic hydroxyl groups is 1. The molecule has 0 rings (SSSR count). The number of carboxylic acid groups (broad SMARTS) is 3. The van der Waals surface area contributed by atoms with E-state index in [9.17, 15) is 14.4 Å². The number of rotatable bonds is 5. The molecule has 0 heterocycles. The molecule has 11 nitrogen and oxygen atoms in total. The Kier molecular flexibility index (Phi) is 12.3. The van der Waals surface area contributed by atoms with Gasteiger partial charge >= 0.3 is 98.0 Å². The van der Waals surface area contributed by atoms with E-state index in [2.05, 4.69) is 0 Å². The first-order valence-corrected chi connectivity index (χ1v) is 5.72. The Labute approximate surface area is 149 Å². The van der Waals surface area contributed by atoms with Crippen LogP contribution in [0.5, 0.6) is 0 Å². The fourth-order valence-corrected chi connectivity index (χ4v) is 0.714. The molecule has 19 heavy (non-hydrogen) atoms. The third-order valence-electron chi connectivity index (χ3n) is 1.29. The molecule has 0 aromatic rings. The summed E-state index contributed by atoms with van der Waals surface area (Å²) in [7, 11) is 0. The van der Waals surface area contributed by atoms with E-state index in [0.29, 0.717) is 0 Å². The van der Waals surface area contributed by atoms with Gasteiger partial charge in [0.1, 0.15) is 0 Å². The quantitative estimate of drug-likeness (QED) is 0.343. The Morgan fingerprint density at radius 3 is 1.26 bits per heavy atom. The molecule has 0 atom stereocenters. The van der Waals surface area contributed by atoms with Gasteiger partial charge in [0.05, 0.1) is 12.8 Å². The number of carbonyl (C=O) groups is 3. The normalized spacial score (nSPS) is 10.4. The van der Waals surface area contributed by atoms with Crippen molar-refractivity contribution in [3.8, 4) is 0 Å². The second-order valence-corrected chi connectivity index (χ2v) is 4.04. The zero-order chi connectivity index (χ0) is 15.1. The molecule has 13 heteroatoms. The first-order chi connectivity index (χ1) is 7.78. The van der Waals surface area contributed by atoms with Crippen LogP contribution in [-0.2, 0) is 38.9 Å². The van der Waals surface area contributed by atoms with E-state index in [1.54, 1.807) is 0 Å². The van der Waals surface area contributed by atoms with E-state index in [1.807, 2.05) is 0 Å². The molecule has 0 aliphatic carbocycles. The molecule has 0 fully saturated rings. The number of hydrogen-bond acceptors (Lipinski definition) is 8. The fourth-order valence-electron chi connectivity index (χ4n) is 0.714. The van der Waals surface area contributed by atoms with Gasteiger partial charge in [-0.25, -0.2) is 4.79 Å². The molecular weight excluding hydrogens is 342 g/mol. The minimum atomic E-state index is -5.62. The Hall–Kier alpha value is -0.114. The number of aliphatic carboxylic acids is 3. The van der Waals surface area contributed by atoms with Crippen molar-refractivity contribution >= 4 is 17.9 Å². The van der Waals surface area contributed by atoms with Crippen LogP contribution in [0.4, 0.5) is 0 Å². The zero-order valence-corrected chi connectivity index (χ0v) is 13.7. The van der Waals surface area contributed by atoms with Crippen LogP contribution in [0.15, 0.2) is 0 Å². The predicted octanol–water partition coefficient (Wildman–Crippen LogP) is -5.79. The van der Waals surface area contributed by atoms with Crippen LogP contribution in [0.3, 0.4) is 0 Å². The second kappa shape index (κ2) is 9.74. The molecule has 0 aromatic carbocycles. The van der Waals surface area contributed by atoms with Gasteiger partial charge in [0.2, 0.25) is 0 Å². The molecule has 0 bridgehead atoms. The third kappa shape index (κ3) is 17.9. The molecule has 0 amide bonds. The SMILES string of the molecule is O=C(O)CC(O)(CC(=O)O)C(=O)O.[K+].[O]=[Mn](=[O])(=[O])[O-]. The van der Waals surface area contributed by atoms with E-state index in [1.165, 1.54) is 0 Å². The van der Waals surface area contributed by atoms with Crippen LogP contribution >= 0.6 is 0 Å². The van der Waals surface area contributed by atoms with Crippen molar-refractivity contribution in [2.45, 2.75) is 18.4 Å². The molecule has 0 radical (unpaired) electrons. The summed E-state index contributed by atoms with van der Waals surface area (Å²) in [5, 5.41) is 33.8. The summed E-state index contributed by atoms with van der Waals surface area (Å²) >= 11 is -5.62. The summed E-state index contributed by atoms with van der Waals surface area (Å²) in [5.41, 5.74) is -2.74. The molecule has 0 aliphatic rings. The molecule has 4 N–H and O–H groups in total. The Morgan fingerprint density at radius 2 is 1.16 bits per heavy atom. The monoisotopic (exact) mass is 350 g/mol. The van der Waals surface area contributed by atoms with E-state index < -0.39 is 49.3 Å². The summed E-state index contributed by atoms with van der Waals surface area (Å²) in [5.74, 6) is -5.02. The first-order valence-electron chi connectivity index (χ1n) is 3.79. The van der Waals surface area contributed by atoms with Crippen molar-refractivity contribution in [1.82, 2.24) is 0 Å². The fraction of sp³-hybridized carbons (Fsp3) is 0.500. The van der Waals surface area contributed by atoms with Crippen LogP contribution in [0.1, 0.15) is 12.8 Å². The average Bonchev–Trinajstić information content (AvgIpc) is 1.95. The zero-order valence-electron chi connectivity index (χ0n) is 9.44. The van der Waals surface area contributed by atoms with Gasteiger partial charge in [-0.1, -0.05) is 0 Å². The number of hydrogen-bond donors (Lipinski definition) is 4. The van der Waals surface area contributed by atoms with Gasteiger partial charge in [-0.15, -0.1) is 0 Å². The molecule has 0 saturated heterocycles. The molecule has 0 spiro atoms. The van der Waals surface area contributed by atoms with Gasteiger partial charge < -0.3 is 20.4 Å². The third-order valence-corrected chi connectivity index (χ3v) is 1.29. The van der Waals surface area contributed by atoms with E-state index in [4.69, 9.17) is 36.1 Å². The van der Waals surface area contributed by atoms with Crippen LogP contribution in [-0.4, -0.2) is 43.9 Å². The van der Waals surface area contributed by atoms with Gasteiger partial charge in [0.15, 0.2) is 5.60 Å². The van der Waals surface area contributed by atoms with Gasteiger partial charge in [0, 0.05) is 0 Å².